The van der Waals surface area contributed by atoms with Gasteiger partial charge in [-0.15, -0.1) is 0 Å². The molecule has 0 aliphatic carbocycles. The fourth-order valence-corrected chi connectivity index (χ4v) is 3.93. The van der Waals surface area contributed by atoms with Gasteiger partial charge >= 0.3 is 0 Å². The predicted octanol–water partition coefficient (Wildman–Crippen LogP) is 3.55. The smallest absolute Gasteiger partial charge is 0.250 e. The summed E-state index contributed by atoms with van der Waals surface area (Å²) in [7, 11) is 0. The van der Waals surface area contributed by atoms with E-state index in [1.807, 2.05) is 49.4 Å². The van der Waals surface area contributed by atoms with Crippen LogP contribution in [0.15, 0.2) is 52.1 Å². The van der Waals surface area contributed by atoms with E-state index in [0.29, 0.717) is 24.3 Å². The number of nitrogens with zero attached hydrogens (tertiary/aromatic N) is 2. The molecule has 0 saturated carbocycles. The van der Waals surface area contributed by atoms with E-state index in [9.17, 15) is 9.59 Å². The first-order valence-corrected chi connectivity index (χ1v) is 9.50. The van der Waals surface area contributed by atoms with Crippen LogP contribution in [-0.4, -0.2) is 26.2 Å². The van der Waals surface area contributed by atoms with E-state index >= 15 is 0 Å². The minimum Gasteiger partial charge on any atom is -0.368 e. The Hall–Kier alpha value is -2.59. The molecule has 0 amide bonds. The second-order valence-corrected chi connectivity index (χ2v) is 7.59. The standard InChI is InChI=1S/C22H21ClN2O2/c1-14-3-6-16(7-4-14)19-20(22(27)21(19)26)25-11-9-24(10-12-25)18-13-17(23)8-5-15(18)2/h3-8,13H,9-12H2,1-2H3. The Bertz CT molecular complexity index is 1060. The predicted molar refractivity (Wildman–Crippen MR) is 112 cm³/mol. The summed E-state index contributed by atoms with van der Waals surface area (Å²) in [6.07, 6.45) is 0. The SMILES string of the molecule is Cc1ccc(-c2c(N3CCN(c4cc(Cl)ccc4C)CC3)c(=O)c2=O)cc1. The maximum Gasteiger partial charge on any atom is 0.250 e. The fourth-order valence-electron chi connectivity index (χ4n) is 3.76. The summed E-state index contributed by atoms with van der Waals surface area (Å²) in [6, 6.07) is 13.7. The van der Waals surface area contributed by atoms with Crippen LogP contribution in [-0.2, 0) is 0 Å². The Labute approximate surface area is 163 Å². The highest BCUT2D eigenvalue weighted by atomic mass is 35.5. The van der Waals surface area contributed by atoms with Crippen LogP contribution in [0.1, 0.15) is 11.1 Å². The third-order valence-electron chi connectivity index (χ3n) is 5.33. The van der Waals surface area contributed by atoms with E-state index in [0.717, 1.165) is 34.9 Å². The molecular formula is C22H21ClN2O2. The summed E-state index contributed by atoms with van der Waals surface area (Å²) in [4.78, 5) is 28.8. The number of aryl methyl sites for hydroxylation is 2. The van der Waals surface area contributed by atoms with E-state index in [1.54, 1.807) is 0 Å². The lowest BCUT2D eigenvalue weighted by atomic mass is 9.96. The molecule has 1 aliphatic rings. The molecule has 3 aromatic carbocycles. The molecule has 0 aromatic heterocycles. The van der Waals surface area contributed by atoms with Gasteiger partial charge in [0, 0.05) is 36.9 Å². The zero-order valence-corrected chi connectivity index (χ0v) is 16.2. The molecule has 0 atom stereocenters. The van der Waals surface area contributed by atoms with Crippen LogP contribution < -0.4 is 20.7 Å². The molecule has 0 spiro atoms. The van der Waals surface area contributed by atoms with Crippen LogP contribution in [0.25, 0.3) is 11.1 Å². The highest BCUT2D eigenvalue weighted by Gasteiger charge is 2.29. The van der Waals surface area contributed by atoms with Gasteiger partial charge in [-0.2, -0.15) is 0 Å². The summed E-state index contributed by atoms with van der Waals surface area (Å²) in [5.74, 6) is 0. The molecule has 3 aromatic rings. The Morgan fingerprint density at radius 2 is 1.44 bits per heavy atom. The molecule has 1 saturated heterocycles. The molecule has 138 valence electrons. The third kappa shape index (κ3) is 3.15. The lowest BCUT2D eigenvalue weighted by Gasteiger charge is -2.38. The van der Waals surface area contributed by atoms with Gasteiger partial charge < -0.3 is 9.80 Å². The highest BCUT2D eigenvalue weighted by Crippen LogP contribution is 2.30. The van der Waals surface area contributed by atoms with Crippen molar-refractivity contribution in [3.05, 3.63) is 79.1 Å². The van der Waals surface area contributed by atoms with Gasteiger partial charge in [0.05, 0.1) is 5.56 Å². The molecule has 1 heterocycles. The quantitative estimate of drug-likeness (QED) is 0.651. The summed E-state index contributed by atoms with van der Waals surface area (Å²) in [5, 5.41) is 0.724. The molecule has 0 bridgehead atoms. The summed E-state index contributed by atoms with van der Waals surface area (Å²) in [5.41, 5.74) is 4.67. The van der Waals surface area contributed by atoms with E-state index in [2.05, 4.69) is 16.7 Å². The van der Waals surface area contributed by atoms with Gasteiger partial charge in [0.25, 0.3) is 0 Å². The van der Waals surface area contributed by atoms with Crippen molar-refractivity contribution < 1.29 is 0 Å². The van der Waals surface area contributed by atoms with Gasteiger partial charge in [-0.05, 0) is 37.1 Å². The maximum atomic E-state index is 12.3. The topological polar surface area (TPSA) is 40.6 Å². The van der Waals surface area contributed by atoms with Gasteiger partial charge in [-0.1, -0.05) is 47.5 Å². The largest absolute Gasteiger partial charge is 0.368 e. The van der Waals surface area contributed by atoms with Crippen LogP contribution in [0.4, 0.5) is 11.4 Å². The summed E-state index contributed by atoms with van der Waals surface area (Å²) >= 11 is 6.15. The Balaban J connectivity index is 1.57. The van der Waals surface area contributed by atoms with Crippen molar-refractivity contribution in [2.75, 3.05) is 36.0 Å². The van der Waals surface area contributed by atoms with Crippen LogP contribution in [0, 0.1) is 13.8 Å². The van der Waals surface area contributed by atoms with Gasteiger partial charge in [0.2, 0.25) is 10.9 Å². The third-order valence-corrected chi connectivity index (χ3v) is 5.57. The van der Waals surface area contributed by atoms with Crippen molar-refractivity contribution in [2.45, 2.75) is 13.8 Å². The molecule has 1 aliphatic heterocycles. The van der Waals surface area contributed by atoms with Gasteiger partial charge in [0.1, 0.15) is 5.69 Å². The van der Waals surface area contributed by atoms with Crippen molar-refractivity contribution in [3.63, 3.8) is 0 Å². The van der Waals surface area contributed by atoms with E-state index in [4.69, 9.17) is 11.6 Å². The van der Waals surface area contributed by atoms with Crippen molar-refractivity contribution in [1.82, 2.24) is 0 Å². The van der Waals surface area contributed by atoms with Crippen LogP contribution >= 0.6 is 11.6 Å². The number of halogens is 1. The first-order valence-electron chi connectivity index (χ1n) is 9.12. The normalized spacial score (nSPS) is 14.8. The Morgan fingerprint density at radius 1 is 0.815 bits per heavy atom. The van der Waals surface area contributed by atoms with Gasteiger partial charge in [0.15, 0.2) is 0 Å². The zero-order chi connectivity index (χ0) is 19.1. The number of hydrogen-bond donors (Lipinski definition) is 0. The number of anilines is 2. The molecule has 5 heteroatoms. The van der Waals surface area contributed by atoms with Crippen LogP contribution in [0.5, 0.6) is 0 Å². The summed E-state index contributed by atoms with van der Waals surface area (Å²) < 4.78 is 0. The molecular weight excluding hydrogens is 360 g/mol. The highest BCUT2D eigenvalue weighted by molar-refractivity contribution is 6.30. The first-order chi connectivity index (χ1) is 13.0. The lowest BCUT2D eigenvalue weighted by Crippen LogP contribution is -2.51. The average Bonchev–Trinajstić information content (AvgIpc) is 2.68. The average molecular weight is 381 g/mol. The van der Waals surface area contributed by atoms with Crippen molar-refractivity contribution in [2.24, 2.45) is 0 Å². The Kier molecular flexibility index (Phi) is 4.52. The van der Waals surface area contributed by atoms with E-state index in [1.165, 1.54) is 5.56 Å². The maximum absolute atomic E-state index is 12.3. The second-order valence-electron chi connectivity index (χ2n) is 7.15. The zero-order valence-electron chi connectivity index (χ0n) is 15.5. The number of piperazine rings is 1. The fraction of sp³-hybridized carbons (Fsp3) is 0.273. The number of rotatable bonds is 3. The molecule has 0 N–H and O–H groups in total. The molecule has 4 rings (SSSR count). The minimum absolute atomic E-state index is 0.363. The lowest BCUT2D eigenvalue weighted by molar-refractivity contribution is 0.649. The number of benzene rings is 2. The van der Waals surface area contributed by atoms with Crippen molar-refractivity contribution in [3.8, 4) is 11.1 Å². The van der Waals surface area contributed by atoms with Crippen LogP contribution in [0.3, 0.4) is 0 Å². The second kappa shape index (κ2) is 6.86. The molecule has 1 fully saturated rings. The van der Waals surface area contributed by atoms with Crippen LogP contribution in [0.2, 0.25) is 5.02 Å². The Morgan fingerprint density at radius 3 is 2.11 bits per heavy atom. The molecule has 27 heavy (non-hydrogen) atoms. The van der Waals surface area contributed by atoms with Gasteiger partial charge in [-0.3, -0.25) is 9.59 Å². The summed E-state index contributed by atoms with van der Waals surface area (Å²) in [6.45, 7) is 7.06. The monoisotopic (exact) mass is 380 g/mol. The molecule has 0 unspecified atom stereocenters. The van der Waals surface area contributed by atoms with Crippen molar-refractivity contribution >= 4 is 23.0 Å². The van der Waals surface area contributed by atoms with Gasteiger partial charge in [-0.25, -0.2) is 0 Å². The number of hydrogen-bond acceptors (Lipinski definition) is 4. The molecule has 4 nitrogen and oxygen atoms in total. The van der Waals surface area contributed by atoms with E-state index < -0.39 is 0 Å². The van der Waals surface area contributed by atoms with Crippen molar-refractivity contribution in [1.29, 1.82) is 0 Å². The molecule has 0 radical (unpaired) electrons. The first kappa shape index (κ1) is 17.8. The minimum atomic E-state index is -0.373. The van der Waals surface area contributed by atoms with E-state index in [-0.39, 0.29) is 10.9 Å².